The van der Waals surface area contributed by atoms with Crippen molar-refractivity contribution in [2.24, 2.45) is 5.41 Å². The van der Waals surface area contributed by atoms with E-state index in [4.69, 9.17) is 4.74 Å². The normalized spacial score (nSPS) is 19.0. The first-order chi connectivity index (χ1) is 9.65. The van der Waals surface area contributed by atoms with Gasteiger partial charge in [0.1, 0.15) is 5.75 Å². The molecule has 2 rings (SSSR count). The molecule has 0 aliphatic heterocycles. The average Bonchev–Trinajstić information content (AvgIpc) is 2.95. The smallest absolute Gasteiger partial charge is 0.122 e. The zero-order valence-electron chi connectivity index (χ0n) is 12.8. The van der Waals surface area contributed by atoms with E-state index in [1.165, 1.54) is 37.7 Å². The summed E-state index contributed by atoms with van der Waals surface area (Å²) < 4.78 is 6.65. The number of hydrogen-bond acceptors (Lipinski definition) is 2. The zero-order valence-corrected chi connectivity index (χ0v) is 14.4. The van der Waals surface area contributed by atoms with Crippen molar-refractivity contribution in [1.29, 1.82) is 0 Å². The first kappa shape index (κ1) is 15.8. The van der Waals surface area contributed by atoms with Gasteiger partial charge in [0, 0.05) is 10.5 Å². The predicted molar refractivity (Wildman–Crippen MR) is 88.4 cm³/mol. The SMILES string of the molecule is CCC1(C(Cc2cc(Br)ccc2OC)NC)CCCC1. The molecular formula is C17H26BrNO. The molecule has 2 nitrogen and oxygen atoms in total. The Morgan fingerprint density at radius 2 is 2.05 bits per heavy atom. The molecule has 1 saturated carbocycles. The van der Waals surface area contributed by atoms with E-state index in [9.17, 15) is 0 Å². The maximum Gasteiger partial charge on any atom is 0.122 e. The molecule has 1 unspecified atom stereocenters. The lowest BCUT2D eigenvalue weighted by Gasteiger charge is -2.37. The van der Waals surface area contributed by atoms with Gasteiger partial charge in [0.2, 0.25) is 0 Å². The van der Waals surface area contributed by atoms with Gasteiger partial charge in [-0.05, 0) is 61.9 Å². The van der Waals surface area contributed by atoms with Gasteiger partial charge in [-0.15, -0.1) is 0 Å². The summed E-state index contributed by atoms with van der Waals surface area (Å²) in [6.45, 7) is 2.34. The second kappa shape index (κ2) is 6.95. The highest BCUT2D eigenvalue weighted by Crippen LogP contribution is 2.45. The maximum absolute atomic E-state index is 5.53. The van der Waals surface area contributed by atoms with E-state index in [1.807, 2.05) is 6.07 Å². The van der Waals surface area contributed by atoms with Gasteiger partial charge in [0.25, 0.3) is 0 Å². The van der Waals surface area contributed by atoms with Crippen molar-refractivity contribution in [2.45, 2.75) is 51.5 Å². The molecule has 0 radical (unpaired) electrons. The highest BCUT2D eigenvalue weighted by molar-refractivity contribution is 9.10. The van der Waals surface area contributed by atoms with E-state index < -0.39 is 0 Å². The molecule has 0 spiro atoms. The van der Waals surface area contributed by atoms with Crippen LogP contribution in [0.15, 0.2) is 22.7 Å². The number of hydrogen-bond donors (Lipinski definition) is 1. The van der Waals surface area contributed by atoms with Gasteiger partial charge < -0.3 is 10.1 Å². The Morgan fingerprint density at radius 1 is 1.35 bits per heavy atom. The fourth-order valence-electron chi connectivity index (χ4n) is 3.78. The van der Waals surface area contributed by atoms with Crippen LogP contribution in [0, 0.1) is 5.41 Å². The third-order valence-electron chi connectivity index (χ3n) is 5.06. The summed E-state index contributed by atoms with van der Waals surface area (Å²) in [6, 6.07) is 6.82. The largest absolute Gasteiger partial charge is 0.496 e. The van der Waals surface area contributed by atoms with Gasteiger partial charge in [-0.2, -0.15) is 0 Å². The molecule has 0 bridgehead atoms. The predicted octanol–water partition coefficient (Wildman–Crippen LogP) is 4.56. The topological polar surface area (TPSA) is 21.3 Å². The number of halogens is 1. The molecule has 1 aromatic carbocycles. The Kier molecular flexibility index (Phi) is 5.50. The second-order valence-corrected chi connectivity index (χ2v) is 6.84. The van der Waals surface area contributed by atoms with Crippen molar-refractivity contribution in [3.8, 4) is 5.75 Å². The van der Waals surface area contributed by atoms with Crippen LogP contribution in [0.2, 0.25) is 0 Å². The van der Waals surface area contributed by atoms with Gasteiger partial charge in [-0.3, -0.25) is 0 Å². The van der Waals surface area contributed by atoms with E-state index in [1.54, 1.807) is 7.11 Å². The summed E-state index contributed by atoms with van der Waals surface area (Å²) >= 11 is 3.58. The Balaban J connectivity index is 2.23. The number of ether oxygens (including phenoxy) is 1. The van der Waals surface area contributed by atoms with Crippen LogP contribution in [0.4, 0.5) is 0 Å². The Morgan fingerprint density at radius 3 is 2.60 bits per heavy atom. The molecule has 20 heavy (non-hydrogen) atoms. The monoisotopic (exact) mass is 339 g/mol. The second-order valence-electron chi connectivity index (χ2n) is 5.92. The van der Waals surface area contributed by atoms with Crippen LogP contribution in [0.3, 0.4) is 0 Å². The summed E-state index contributed by atoms with van der Waals surface area (Å²) in [5, 5.41) is 3.58. The van der Waals surface area contributed by atoms with Gasteiger partial charge in [0.15, 0.2) is 0 Å². The van der Waals surface area contributed by atoms with Crippen molar-refractivity contribution in [3.63, 3.8) is 0 Å². The van der Waals surface area contributed by atoms with Crippen LogP contribution in [0.5, 0.6) is 5.75 Å². The first-order valence-corrected chi connectivity index (χ1v) is 8.44. The number of likely N-dealkylation sites (N-methyl/N-ethyl adjacent to an activating group) is 1. The minimum atomic E-state index is 0.460. The van der Waals surface area contributed by atoms with Crippen LogP contribution in [0.1, 0.15) is 44.6 Å². The van der Waals surface area contributed by atoms with Gasteiger partial charge in [0.05, 0.1) is 7.11 Å². The number of benzene rings is 1. The van der Waals surface area contributed by atoms with Crippen LogP contribution in [-0.4, -0.2) is 20.2 Å². The molecule has 0 heterocycles. The van der Waals surface area contributed by atoms with Crippen LogP contribution in [0.25, 0.3) is 0 Å². The Bertz CT molecular complexity index is 441. The standard InChI is InChI=1S/C17H26BrNO/c1-4-17(9-5-6-10-17)16(19-2)12-13-11-14(18)7-8-15(13)20-3/h7-8,11,16,19H,4-6,9-10,12H2,1-3H3. The summed E-state index contributed by atoms with van der Waals surface area (Å²) in [6.07, 6.45) is 7.75. The highest BCUT2D eigenvalue weighted by Gasteiger charge is 2.39. The lowest BCUT2D eigenvalue weighted by molar-refractivity contribution is 0.191. The third kappa shape index (κ3) is 3.20. The Labute approximate surface area is 131 Å². The van der Waals surface area contributed by atoms with Gasteiger partial charge >= 0.3 is 0 Å². The molecule has 112 valence electrons. The number of methoxy groups -OCH3 is 1. The van der Waals surface area contributed by atoms with Gasteiger partial charge in [-0.25, -0.2) is 0 Å². The van der Waals surface area contributed by atoms with Crippen LogP contribution in [-0.2, 0) is 6.42 Å². The quantitative estimate of drug-likeness (QED) is 0.820. The molecule has 1 aliphatic carbocycles. The van der Waals surface area contributed by atoms with Crippen molar-refractivity contribution in [3.05, 3.63) is 28.2 Å². The van der Waals surface area contributed by atoms with Gasteiger partial charge in [-0.1, -0.05) is 35.7 Å². The summed E-state index contributed by atoms with van der Waals surface area (Å²) in [7, 11) is 3.86. The van der Waals surface area contributed by atoms with Crippen molar-refractivity contribution in [2.75, 3.05) is 14.2 Å². The first-order valence-electron chi connectivity index (χ1n) is 7.65. The lowest BCUT2D eigenvalue weighted by atomic mass is 9.74. The maximum atomic E-state index is 5.53. The van der Waals surface area contributed by atoms with Crippen molar-refractivity contribution < 1.29 is 4.74 Å². The average molecular weight is 340 g/mol. The van der Waals surface area contributed by atoms with Crippen LogP contribution >= 0.6 is 15.9 Å². The minimum absolute atomic E-state index is 0.460. The summed E-state index contributed by atoms with van der Waals surface area (Å²) in [5.41, 5.74) is 1.75. The van der Waals surface area contributed by atoms with E-state index in [0.717, 1.165) is 16.6 Å². The van der Waals surface area contributed by atoms with E-state index in [-0.39, 0.29) is 0 Å². The lowest BCUT2D eigenvalue weighted by Crippen LogP contribution is -2.43. The fraction of sp³-hybridized carbons (Fsp3) is 0.647. The van der Waals surface area contributed by atoms with E-state index >= 15 is 0 Å². The van der Waals surface area contributed by atoms with E-state index in [0.29, 0.717) is 11.5 Å². The van der Waals surface area contributed by atoms with Crippen molar-refractivity contribution >= 4 is 15.9 Å². The molecule has 1 N–H and O–H groups in total. The third-order valence-corrected chi connectivity index (χ3v) is 5.55. The highest BCUT2D eigenvalue weighted by atomic mass is 79.9. The number of rotatable bonds is 6. The zero-order chi connectivity index (χ0) is 14.6. The fourth-order valence-corrected chi connectivity index (χ4v) is 4.19. The van der Waals surface area contributed by atoms with E-state index in [2.05, 4.69) is 47.4 Å². The summed E-state index contributed by atoms with van der Waals surface area (Å²) in [5.74, 6) is 0.998. The molecule has 1 fully saturated rings. The Hall–Kier alpha value is -0.540. The number of nitrogens with one attached hydrogen (secondary N) is 1. The minimum Gasteiger partial charge on any atom is -0.496 e. The molecule has 1 aromatic rings. The van der Waals surface area contributed by atoms with Crippen LogP contribution < -0.4 is 10.1 Å². The molecule has 3 heteroatoms. The molecular weight excluding hydrogens is 314 g/mol. The molecule has 0 amide bonds. The molecule has 1 atom stereocenters. The molecule has 0 aromatic heterocycles. The molecule has 1 aliphatic rings. The summed E-state index contributed by atoms with van der Waals surface area (Å²) in [4.78, 5) is 0. The van der Waals surface area contributed by atoms with Crippen molar-refractivity contribution in [1.82, 2.24) is 5.32 Å². The molecule has 0 saturated heterocycles.